The fraction of sp³-hybridized carbons (Fsp3) is 0.667. The molecule has 1 aliphatic heterocycles. The maximum Gasteiger partial charge on any atom is 0.191 e. The van der Waals surface area contributed by atoms with Gasteiger partial charge in [-0.05, 0) is 12.8 Å². The van der Waals surface area contributed by atoms with Gasteiger partial charge in [-0.1, -0.05) is 24.6 Å². The van der Waals surface area contributed by atoms with Crippen molar-refractivity contribution < 1.29 is 20.1 Å². The summed E-state index contributed by atoms with van der Waals surface area (Å²) in [7, 11) is 0. The van der Waals surface area contributed by atoms with Gasteiger partial charge in [0.1, 0.15) is 23.8 Å². The van der Waals surface area contributed by atoms with Gasteiger partial charge in [0.05, 0.1) is 12.9 Å². The Morgan fingerprint density at radius 1 is 1.24 bits per heavy atom. The highest BCUT2D eigenvalue weighted by atomic mass is 32.2. The predicted molar refractivity (Wildman–Crippen MR) is 90.9 cm³/mol. The van der Waals surface area contributed by atoms with E-state index in [1.165, 1.54) is 23.7 Å². The predicted octanol–water partition coefficient (Wildman–Crippen LogP) is 0.0547. The smallest absolute Gasteiger partial charge is 0.191 e. The minimum absolute atomic E-state index is 0.274. The van der Waals surface area contributed by atoms with Gasteiger partial charge in [0.15, 0.2) is 22.8 Å². The van der Waals surface area contributed by atoms with Gasteiger partial charge in [0.25, 0.3) is 0 Å². The lowest BCUT2D eigenvalue weighted by Crippen LogP contribution is -2.33. The Morgan fingerprint density at radius 3 is 2.68 bits per heavy atom. The molecule has 0 aromatic carbocycles. The third-order valence-corrected chi connectivity index (χ3v) is 5.99. The van der Waals surface area contributed by atoms with Crippen LogP contribution in [0.15, 0.2) is 11.5 Å². The molecule has 0 unspecified atom stereocenters. The van der Waals surface area contributed by atoms with Crippen LogP contribution in [-0.4, -0.2) is 65.0 Å². The van der Waals surface area contributed by atoms with Crippen LogP contribution >= 0.6 is 11.8 Å². The summed E-state index contributed by atoms with van der Waals surface area (Å²) in [6, 6.07) is 0. The highest BCUT2D eigenvalue weighted by molar-refractivity contribution is 7.99. The molecule has 4 atom stereocenters. The number of thioether (sulfide) groups is 1. The van der Waals surface area contributed by atoms with Gasteiger partial charge < -0.3 is 25.8 Å². The van der Waals surface area contributed by atoms with Gasteiger partial charge in [-0.15, -0.1) is 0 Å². The number of nitrogens with two attached hydrogens (primary N) is 1. The summed E-state index contributed by atoms with van der Waals surface area (Å²) >= 11 is 1.61. The first kappa shape index (κ1) is 17.0. The number of aliphatic hydroxyl groups excluding tert-OH is 3. The zero-order chi connectivity index (χ0) is 17.6. The zero-order valence-electron chi connectivity index (χ0n) is 13.5. The Balaban J connectivity index is 1.68. The molecule has 10 heteroatoms. The van der Waals surface area contributed by atoms with Crippen molar-refractivity contribution in [3.8, 4) is 0 Å². The first-order valence-electron chi connectivity index (χ1n) is 8.37. The number of anilines is 1. The molecule has 1 saturated carbocycles. The molecule has 25 heavy (non-hydrogen) atoms. The van der Waals surface area contributed by atoms with Crippen molar-refractivity contribution in [2.45, 2.75) is 60.6 Å². The lowest BCUT2D eigenvalue weighted by atomic mass is 10.1. The molecular weight excluding hydrogens is 346 g/mol. The Labute approximate surface area is 148 Å². The van der Waals surface area contributed by atoms with Crippen LogP contribution in [-0.2, 0) is 4.74 Å². The quantitative estimate of drug-likeness (QED) is 0.552. The summed E-state index contributed by atoms with van der Waals surface area (Å²) in [5.41, 5.74) is 6.90. The summed E-state index contributed by atoms with van der Waals surface area (Å²) in [5, 5.41) is 30.5. The first-order chi connectivity index (χ1) is 12.1. The van der Waals surface area contributed by atoms with E-state index in [4.69, 9.17) is 10.5 Å². The van der Waals surface area contributed by atoms with E-state index in [1.54, 1.807) is 11.8 Å². The van der Waals surface area contributed by atoms with Crippen molar-refractivity contribution in [2.24, 2.45) is 0 Å². The molecule has 2 aromatic heterocycles. The number of rotatable bonds is 4. The standard InChI is InChI=1S/C15H21N5O4S/c16-12-9-13(19-15(18-12)25-7-3-1-2-4-7)20(6-17-9)14-11(23)10(22)8(5-21)24-14/h6-8,10-11,14,21-23H,1-5H2,(H2,16,18,19)/t8-,10-,11-,14-/m1/s1. The van der Waals surface area contributed by atoms with Crippen molar-refractivity contribution in [1.82, 2.24) is 19.5 Å². The van der Waals surface area contributed by atoms with Crippen molar-refractivity contribution >= 4 is 28.7 Å². The summed E-state index contributed by atoms with van der Waals surface area (Å²) in [4.78, 5) is 13.1. The zero-order valence-corrected chi connectivity index (χ0v) is 14.3. The van der Waals surface area contributed by atoms with Crippen LogP contribution in [0.5, 0.6) is 0 Å². The molecule has 2 aliphatic rings. The van der Waals surface area contributed by atoms with E-state index in [0.29, 0.717) is 21.6 Å². The summed E-state index contributed by atoms with van der Waals surface area (Å²) < 4.78 is 7.10. The molecule has 0 bridgehead atoms. The van der Waals surface area contributed by atoms with Crippen LogP contribution in [0.1, 0.15) is 31.9 Å². The second-order valence-electron chi connectivity index (χ2n) is 6.47. The van der Waals surface area contributed by atoms with Crippen molar-refractivity contribution in [1.29, 1.82) is 0 Å². The van der Waals surface area contributed by atoms with Crippen LogP contribution in [0.3, 0.4) is 0 Å². The minimum Gasteiger partial charge on any atom is -0.394 e. The van der Waals surface area contributed by atoms with Gasteiger partial charge in [0.2, 0.25) is 0 Å². The summed E-state index contributed by atoms with van der Waals surface area (Å²) in [5.74, 6) is 0.274. The van der Waals surface area contributed by atoms with Crippen LogP contribution in [0.2, 0.25) is 0 Å². The number of hydrogen-bond acceptors (Lipinski definition) is 9. The number of imidazole rings is 1. The molecule has 1 saturated heterocycles. The molecule has 1 aliphatic carbocycles. The Kier molecular flexibility index (Phi) is 4.54. The van der Waals surface area contributed by atoms with Crippen LogP contribution in [0, 0.1) is 0 Å². The van der Waals surface area contributed by atoms with E-state index in [0.717, 1.165) is 12.8 Å². The molecule has 3 heterocycles. The monoisotopic (exact) mass is 367 g/mol. The number of nitrogen functional groups attached to an aromatic ring is 1. The van der Waals surface area contributed by atoms with E-state index in [-0.39, 0.29) is 12.4 Å². The maximum absolute atomic E-state index is 10.2. The molecular formula is C15H21N5O4S. The van der Waals surface area contributed by atoms with Gasteiger partial charge in [0, 0.05) is 5.25 Å². The fourth-order valence-corrected chi connectivity index (χ4v) is 4.58. The number of fused-ring (bicyclic) bond motifs is 1. The Bertz CT molecular complexity index is 766. The van der Waals surface area contributed by atoms with Crippen molar-refractivity contribution in [2.75, 3.05) is 12.3 Å². The summed E-state index contributed by atoms with van der Waals surface area (Å²) in [6.45, 7) is -0.388. The lowest BCUT2D eigenvalue weighted by Gasteiger charge is -2.17. The lowest BCUT2D eigenvalue weighted by molar-refractivity contribution is -0.0511. The second-order valence-corrected chi connectivity index (χ2v) is 7.74. The van der Waals surface area contributed by atoms with E-state index >= 15 is 0 Å². The third kappa shape index (κ3) is 2.97. The van der Waals surface area contributed by atoms with Crippen LogP contribution < -0.4 is 5.73 Å². The average molecular weight is 367 g/mol. The number of nitrogens with zero attached hydrogens (tertiary/aromatic N) is 4. The maximum atomic E-state index is 10.2. The van der Waals surface area contributed by atoms with Crippen molar-refractivity contribution in [3.63, 3.8) is 0 Å². The van der Waals surface area contributed by atoms with Gasteiger partial charge in [-0.2, -0.15) is 0 Å². The molecule has 4 rings (SSSR count). The topological polar surface area (TPSA) is 140 Å². The molecule has 136 valence electrons. The highest BCUT2D eigenvalue weighted by Gasteiger charge is 2.44. The SMILES string of the molecule is Nc1nc(SC2CCCC2)nc2c1ncn2[C@@H]1O[C@H](CO)[C@@H](O)[C@H]1O. The highest BCUT2D eigenvalue weighted by Crippen LogP contribution is 2.36. The average Bonchev–Trinajstić information content (AvgIpc) is 3.30. The third-order valence-electron chi connectivity index (χ3n) is 4.79. The molecule has 0 spiro atoms. The van der Waals surface area contributed by atoms with E-state index in [9.17, 15) is 15.3 Å². The number of aliphatic hydroxyl groups is 3. The minimum atomic E-state index is -1.20. The Morgan fingerprint density at radius 2 is 2.00 bits per heavy atom. The van der Waals surface area contributed by atoms with E-state index < -0.39 is 24.5 Å². The van der Waals surface area contributed by atoms with Gasteiger partial charge in [-0.3, -0.25) is 4.57 Å². The van der Waals surface area contributed by atoms with Gasteiger partial charge in [-0.25, -0.2) is 15.0 Å². The molecule has 0 radical (unpaired) electrons. The second kappa shape index (κ2) is 6.69. The van der Waals surface area contributed by atoms with Crippen LogP contribution in [0.25, 0.3) is 11.2 Å². The van der Waals surface area contributed by atoms with E-state index in [1.807, 2.05) is 0 Å². The molecule has 5 N–H and O–H groups in total. The largest absolute Gasteiger partial charge is 0.394 e. The molecule has 0 amide bonds. The van der Waals surface area contributed by atoms with E-state index in [2.05, 4.69) is 15.0 Å². The van der Waals surface area contributed by atoms with Crippen LogP contribution in [0.4, 0.5) is 5.82 Å². The number of hydrogen-bond donors (Lipinski definition) is 4. The van der Waals surface area contributed by atoms with Crippen molar-refractivity contribution in [3.05, 3.63) is 6.33 Å². The Hall–Kier alpha value is -1.46. The molecule has 2 fully saturated rings. The number of ether oxygens (including phenoxy) is 1. The summed E-state index contributed by atoms with van der Waals surface area (Å²) in [6.07, 6.45) is 2.04. The fourth-order valence-electron chi connectivity index (χ4n) is 3.42. The van der Waals surface area contributed by atoms with Gasteiger partial charge >= 0.3 is 0 Å². The first-order valence-corrected chi connectivity index (χ1v) is 9.25. The molecule has 2 aromatic rings. The number of aromatic nitrogens is 4. The normalized spacial score (nSPS) is 30.5. The molecule has 9 nitrogen and oxygen atoms in total.